The number of hydrogen-bond acceptors (Lipinski definition) is 3. The fraction of sp³-hybridized carbons (Fsp3) is 0.417. The minimum Gasteiger partial charge on any atom is -0.350 e. The fourth-order valence-corrected chi connectivity index (χ4v) is 1.75. The summed E-state index contributed by atoms with van der Waals surface area (Å²) in [6.07, 6.45) is 1.73. The second kappa shape index (κ2) is 4.16. The maximum atomic E-state index is 11.8. The van der Waals surface area contributed by atoms with E-state index in [4.69, 9.17) is 0 Å². The first-order chi connectivity index (χ1) is 7.97. The topological polar surface area (TPSA) is 59.3 Å². The molecular weight excluding hydrogens is 216 g/mol. The van der Waals surface area contributed by atoms with Gasteiger partial charge in [-0.1, -0.05) is 0 Å². The lowest BCUT2D eigenvalue weighted by molar-refractivity contribution is 0.0943. The summed E-state index contributed by atoms with van der Waals surface area (Å²) < 4.78 is 1.70. The summed E-state index contributed by atoms with van der Waals surface area (Å²) in [5.41, 5.74) is 2.35. The Hall–Kier alpha value is -1.91. The Morgan fingerprint density at radius 3 is 2.76 bits per heavy atom. The summed E-state index contributed by atoms with van der Waals surface area (Å²) in [5.74, 6) is 0.615. The molecule has 0 atom stereocenters. The molecule has 1 N–H and O–H groups in total. The highest BCUT2D eigenvalue weighted by atomic mass is 16.1. The zero-order valence-corrected chi connectivity index (χ0v) is 10.5. The SMILES string of the molecule is Cc1nc(C)c2cc(C(=O)NC(C)C)cn2n1. The van der Waals surface area contributed by atoms with Crippen molar-refractivity contribution in [3.8, 4) is 0 Å². The van der Waals surface area contributed by atoms with Crippen LogP contribution in [0.5, 0.6) is 0 Å². The van der Waals surface area contributed by atoms with Gasteiger partial charge in [0.2, 0.25) is 0 Å². The van der Waals surface area contributed by atoms with Crippen LogP contribution in [0.4, 0.5) is 0 Å². The molecule has 0 radical (unpaired) electrons. The predicted molar refractivity (Wildman–Crippen MR) is 65.1 cm³/mol. The van der Waals surface area contributed by atoms with Crippen molar-refractivity contribution >= 4 is 11.4 Å². The van der Waals surface area contributed by atoms with E-state index in [1.807, 2.05) is 33.8 Å². The number of carbonyl (C=O) groups excluding carboxylic acids is 1. The average molecular weight is 232 g/mol. The standard InChI is InChI=1S/C12H16N4O/c1-7(2)13-12(17)10-5-11-8(3)14-9(4)15-16(11)6-10/h5-7H,1-4H3,(H,13,17). The molecule has 5 heteroatoms. The summed E-state index contributed by atoms with van der Waals surface area (Å²) in [5, 5.41) is 7.10. The van der Waals surface area contributed by atoms with Gasteiger partial charge in [-0.2, -0.15) is 5.10 Å². The van der Waals surface area contributed by atoms with Crippen LogP contribution in [0.3, 0.4) is 0 Å². The number of rotatable bonds is 2. The van der Waals surface area contributed by atoms with Crippen LogP contribution < -0.4 is 5.32 Å². The Labute approximate surface area is 99.9 Å². The number of hydrogen-bond donors (Lipinski definition) is 1. The van der Waals surface area contributed by atoms with E-state index >= 15 is 0 Å². The molecule has 2 rings (SSSR count). The molecule has 2 aromatic rings. The largest absolute Gasteiger partial charge is 0.350 e. The molecule has 0 saturated heterocycles. The van der Waals surface area contributed by atoms with E-state index in [2.05, 4.69) is 15.4 Å². The Morgan fingerprint density at radius 2 is 2.12 bits per heavy atom. The first-order valence-electron chi connectivity index (χ1n) is 5.62. The van der Waals surface area contributed by atoms with E-state index in [0.29, 0.717) is 11.4 Å². The van der Waals surface area contributed by atoms with Crippen molar-refractivity contribution in [3.05, 3.63) is 29.3 Å². The van der Waals surface area contributed by atoms with Crippen molar-refractivity contribution in [2.75, 3.05) is 0 Å². The number of aryl methyl sites for hydroxylation is 2. The van der Waals surface area contributed by atoms with Gasteiger partial charge in [0.15, 0.2) is 0 Å². The number of aromatic nitrogens is 3. The predicted octanol–water partition coefficient (Wildman–Crippen LogP) is 1.48. The number of nitrogens with zero attached hydrogens (tertiary/aromatic N) is 3. The first kappa shape index (κ1) is 11.6. The van der Waals surface area contributed by atoms with Crippen LogP contribution in [0.1, 0.15) is 35.7 Å². The third-order valence-electron chi connectivity index (χ3n) is 2.44. The van der Waals surface area contributed by atoms with Crippen LogP contribution >= 0.6 is 0 Å². The monoisotopic (exact) mass is 232 g/mol. The molecule has 0 saturated carbocycles. The van der Waals surface area contributed by atoms with Gasteiger partial charge in [0, 0.05) is 12.2 Å². The number of nitrogens with one attached hydrogen (secondary N) is 1. The second-order valence-electron chi connectivity index (χ2n) is 4.43. The quantitative estimate of drug-likeness (QED) is 0.853. The number of amides is 1. The fourth-order valence-electron chi connectivity index (χ4n) is 1.75. The minimum absolute atomic E-state index is 0.0810. The van der Waals surface area contributed by atoms with Gasteiger partial charge in [0.1, 0.15) is 5.82 Å². The van der Waals surface area contributed by atoms with Crippen LogP contribution in [-0.4, -0.2) is 26.5 Å². The lowest BCUT2D eigenvalue weighted by Gasteiger charge is -2.05. The van der Waals surface area contributed by atoms with Gasteiger partial charge in [0.05, 0.1) is 16.8 Å². The molecule has 5 nitrogen and oxygen atoms in total. The van der Waals surface area contributed by atoms with Crippen LogP contribution in [0.2, 0.25) is 0 Å². The number of carbonyl (C=O) groups is 1. The molecule has 0 unspecified atom stereocenters. The Balaban J connectivity index is 2.44. The highest BCUT2D eigenvalue weighted by Gasteiger charge is 2.12. The van der Waals surface area contributed by atoms with Gasteiger partial charge in [0.25, 0.3) is 5.91 Å². The van der Waals surface area contributed by atoms with Gasteiger partial charge < -0.3 is 5.32 Å². The van der Waals surface area contributed by atoms with Crippen LogP contribution in [0.15, 0.2) is 12.3 Å². The van der Waals surface area contributed by atoms with Gasteiger partial charge in [-0.15, -0.1) is 0 Å². The van der Waals surface area contributed by atoms with E-state index in [9.17, 15) is 4.79 Å². The Bertz CT molecular complexity index is 571. The maximum absolute atomic E-state index is 11.8. The highest BCUT2D eigenvalue weighted by Crippen LogP contribution is 2.12. The number of fused-ring (bicyclic) bond motifs is 1. The molecule has 0 spiro atoms. The normalized spacial score (nSPS) is 11.1. The van der Waals surface area contributed by atoms with Crippen LogP contribution in [0.25, 0.3) is 5.52 Å². The first-order valence-corrected chi connectivity index (χ1v) is 5.62. The lowest BCUT2D eigenvalue weighted by atomic mass is 10.2. The third kappa shape index (κ3) is 2.27. The van der Waals surface area contributed by atoms with Crippen molar-refractivity contribution in [2.45, 2.75) is 33.7 Å². The van der Waals surface area contributed by atoms with E-state index in [1.165, 1.54) is 0 Å². The van der Waals surface area contributed by atoms with Gasteiger partial charge in [-0.25, -0.2) is 9.50 Å². The van der Waals surface area contributed by atoms with Gasteiger partial charge in [-0.05, 0) is 33.8 Å². The molecule has 0 aromatic carbocycles. The molecule has 2 heterocycles. The minimum atomic E-state index is -0.0810. The molecule has 0 fully saturated rings. The summed E-state index contributed by atoms with van der Waals surface area (Å²) in [6.45, 7) is 7.61. The van der Waals surface area contributed by atoms with E-state index in [1.54, 1.807) is 10.7 Å². The molecular formula is C12H16N4O. The van der Waals surface area contributed by atoms with E-state index in [-0.39, 0.29) is 11.9 Å². The second-order valence-corrected chi connectivity index (χ2v) is 4.43. The highest BCUT2D eigenvalue weighted by molar-refractivity contribution is 5.95. The molecule has 1 amide bonds. The van der Waals surface area contributed by atoms with Crippen molar-refractivity contribution in [2.24, 2.45) is 0 Å². The van der Waals surface area contributed by atoms with Crippen LogP contribution in [-0.2, 0) is 0 Å². The van der Waals surface area contributed by atoms with E-state index < -0.39 is 0 Å². The molecule has 0 aliphatic carbocycles. The summed E-state index contributed by atoms with van der Waals surface area (Å²) in [7, 11) is 0. The lowest BCUT2D eigenvalue weighted by Crippen LogP contribution is -2.29. The molecule has 17 heavy (non-hydrogen) atoms. The van der Waals surface area contributed by atoms with Gasteiger partial charge >= 0.3 is 0 Å². The molecule has 2 aromatic heterocycles. The zero-order valence-electron chi connectivity index (χ0n) is 10.5. The summed E-state index contributed by atoms with van der Waals surface area (Å²) in [4.78, 5) is 16.1. The third-order valence-corrected chi connectivity index (χ3v) is 2.44. The summed E-state index contributed by atoms with van der Waals surface area (Å²) in [6, 6.07) is 1.94. The van der Waals surface area contributed by atoms with E-state index in [0.717, 1.165) is 11.2 Å². The van der Waals surface area contributed by atoms with Crippen molar-refractivity contribution in [3.63, 3.8) is 0 Å². The van der Waals surface area contributed by atoms with Crippen molar-refractivity contribution in [1.82, 2.24) is 19.9 Å². The smallest absolute Gasteiger partial charge is 0.253 e. The van der Waals surface area contributed by atoms with Crippen LogP contribution in [0, 0.1) is 13.8 Å². The average Bonchev–Trinajstić information content (AvgIpc) is 2.60. The summed E-state index contributed by atoms with van der Waals surface area (Å²) >= 11 is 0. The van der Waals surface area contributed by atoms with Crippen molar-refractivity contribution < 1.29 is 4.79 Å². The maximum Gasteiger partial charge on any atom is 0.253 e. The molecule has 0 bridgehead atoms. The zero-order chi connectivity index (χ0) is 12.6. The van der Waals surface area contributed by atoms with Gasteiger partial charge in [-0.3, -0.25) is 4.79 Å². The molecule has 90 valence electrons. The Kier molecular flexibility index (Phi) is 2.83. The van der Waals surface area contributed by atoms with Crippen molar-refractivity contribution in [1.29, 1.82) is 0 Å². The Morgan fingerprint density at radius 1 is 1.41 bits per heavy atom. The molecule has 0 aliphatic rings. The molecule has 0 aliphatic heterocycles.